The lowest BCUT2D eigenvalue weighted by Crippen LogP contribution is -2.52. The first-order chi connectivity index (χ1) is 17.4. The minimum atomic E-state index is -1.20. The van der Waals surface area contributed by atoms with Gasteiger partial charge in [0.15, 0.2) is 4.90 Å². The van der Waals surface area contributed by atoms with Crippen LogP contribution in [0.3, 0.4) is 0 Å². The summed E-state index contributed by atoms with van der Waals surface area (Å²) >= 11 is -1.20. The molecule has 1 fully saturated rings. The summed E-state index contributed by atoms with van der Waals surface area (Å²) in [5.74, 6) is -1.14. The number of hydrogen-bond donors (Lipinski definition) is 2. The Morgan fingerprint density at radius 2 is 1.58 bits per heavy atom. The zero-order valence-corrected chi connectivity index (χ0v) is 21.8. The molecule has 1 aromatic carbocycles. The molecule has 36 heavy (non-hydrogen) atoms. The number of imide groups is 1. The van der Waals surface area contributed by atoms with E-state index in [1.54, 1.807) is 12.1 Å². The van der Waals surface area contributed by atoms with Crippen molar-refractivity contribution in [2.75, 3.05) is 5.75 Å². The number of carbonyl (C=O) groups excluding carboxylic acids is 3. The van der Waals surface area contributed by atoms with E-state index in [1.807, 2.05) is 6.07 Å². The molecular weight excluding hydrogens is 480 g/mol. The summed E-state index contributed by atoms with van der Waals surface area (Å²) in [6.45, 7) is 0.252. The topological polar surface area (TPSA) is 127 Å². The second-order valence-electron chi connectivity index (χ2n) is 9.76. The number of unbranched alkanes of at least 4 members (excludes halogenated alkanes) is 10. The maximum absolute atomic E-state index is 13.0. The number of rotatable bonds is 16. The molecule has 198 valence electrons. The van der Waals surface area contributed by atoms with Gasteiger partial charge < -0.3 is 14.6 Å². The van der Waals surface area contributed by atoms with Gasteiger partial charge in [0.2, 0.25) is 11.8 Å². The lowest BCUT2D eigenvalue weighted by molar-refractivity contribution is -0.138. The molecule has 0 radical (unpaired) electrons. The van der Waals surface area contributed by atoms with Crippen molar-refractivity contribution in [2.45, 2.75) is 107 Å². The van der Waals surface area contributed by atoms with E-state index < -0.39 is 29.1 Å². The lowest BCUT2D eigenvalue weighted by Gasteiger charge is -2.29. The second-order valence-corrected chi connectivity index (χ2v) is 11.3. The highest BCUT2D eigenvalue weighted by molar-refractivity contribution is 7.91. The average Bonchev–Trinajstić information content (AvgIpc) is 3.18. The monoisotopic (exact) mass is 518 g/mol. The van der Waals surface area contributed by atoms with Crippen molar-refractivity contribution < 1.29 is 28.8 Å². The third-order valence-corrected chi connectivity index (χ3v) is 8.54. The largest absolute Gasteiger partial charge is 0.611 e. The number of nitrogens with zero attached hydrogens (tertiary/aromatic N) is 1. The van der Waals surface area contributed by atoms with E-state index in [0.29, 0.717) is 22.6 Å². The average molecular weight is 519 g/mol. The maximum Gasteiger partial charge on any atom is 0.303 e. The molecule has 1 aromatic rings. The Hall–Kier alpha value is -2.39. The van der Waals surface area contributed by atoms with Gasteiger partial charge in [0.1, 0.15) is 11.8 Å². The number of hydrogen-bond acceptors (Lipinski definition) is 5. The predicted octanol–water partition coefficient (Wildman–Crippen LogP) is 4.32. The Kier molecular flexibility index (Phi) is 11.3. The molecule has 0 spiro atoms. The molecule has 2 N–H and O–H groups in total. The third-order valence-electron chi connectivity index (χ3n) is 7.00. The van der Waals surface area contributed by atoms with Crippen molar-refractivity contribution in [2.24, 2.45) is 0 Å². The lowest BCUT2D eigenvalue weighted by atomic mass is 10.0. The Balaban J connectivity index is 1.33. The van der Waals surface area contributed by atoms with Crippen LogP contribution in [-0.4, -0.2) is 50.0 Å². The molecule has 2 aliphatic heterocycles. The quantitative estimate of drug-likeness (QED) is 0.191. The third kappa shape index (κ3) is 8.06. The number of nitrogens with one attached hydrogen (secondary N) is 1. The van der Waals surface area contributed by atoms with Gasteiger partial charge in [-0.3, -0.25) is 24.5 Å². The number of aliphatic carboxylic acids is 1. The summed E-state index contributed by atoms with van der Waals surface area (Å²) in [6.07, 6.45) is 12.6. The summed E-state index contributed by atoms with van der Waals surface area (Å²) < 4.78 is 13.0. The molecule has 0 aromatic heterocycles. The highest BCUT2D eigenvalue weighted by atomic mass is 32.2. The summed E-state index contributed by atoms with van der Waals surface area (Å²) in [5.41, 5.74) is 1.25. The van der Waals surface area contributed by atoms with Crippen LogP contribution in [0.25, 0.3) is 0 Å². The van der Waals surface area contributed by atoms with E-state index in [4.69, 9.17) is 5.11 Å². The van der Waals surface area contributed by atoms with Crippen LogP contribution >= 0.6 is 0 Å². The molecule has 9 heteroatoms. The van der Waals surface area contributed by atoms with Crippen molar-refractivity contribution in [1.82, 2.24) is 10.2 Å². The smallest absolute Gasteiger partial charge is 0.303 e. The summed E-state index contributed by atoms with van der Waals surface area (Å²) in [7, 11) is 0. The summed E-state index contributed by atoms with van der Waals surface area (Å²) in [4.78, 5) is 49.3. The molecule has 0 bridgehead atoms. The molecule has 2 atom stereocenters. The molecule has 2 heterocycles. The number of piperidine rings is 1. The Labute approximate surface area is 216 Å². The van der Waals surface area contributed by atoms with Crippen LogP contribution < -0.4 is 5.32 Å². The van der Waals surface area contributed by atoms with Crippen LogP contribution in [0.5, 0.6) is 0 Å². The zero-order chi connectivity index (χ0) is 25.9. The molecule has 3 rings (SSSR count). The summed E-state index contributed by atoms with van der Waals surface area (Å²) in [6, 6.07) is 4.63. The van der Waals surface area contributed by atoms with Crippen molar-refractivity contribution in [1.29, 1.82) is 0 Å². The van der Waals surface area contributed by atoms with Gasteiger partial charge >= 0.3 is 5.97 Å². The first-order valence-corrected chi connectivity index (χ1v) is 14.6. The molecule has 2 aliphatic rings. The van der Waals surface area contributed by atoms with Gasteiger partial charge in [0, 0.05) is 24.0 Å². The van der Waals surface area contributed by atoms with Crippen LogP contribution in [0.2, 0.25) is 0 Å². The van der Waals surface area contributed by atoms with Gasteiger partial charge in [-0.15, -0.1) is 0 Å². The molecule has 8 nitrogen and oxygen atoms in total. The van der Waals surface area contributed by atoms with Crippen LogP contribution in [0.1, 0.15) is 106 Å². The molecule has 0 aliphatic carbocycles. The SMILES string of the molecule is O=C(O)CCCCCCCCCCCCC[S+]([O-])c1cccc2c1CN(C1CCC(=O)NC1=O)C2=O. The fraction of sp³-hybridized carbons (Fsp3) is 0.630. The van der Waals surface area contributed by atoms with Gasteiger partial charge in [-0.25, -0.2) is 0 Å². The van der Waals surface area contributed by atoms with Gasteiger partial charge in [-0.2, -0.15) is 0 Å². The summed E-state index contributed by atoms with van der Waals surface area (Å²) in [5, 5.41) is 10.9. The van der Waals surface area contributed by atoms with E-state index >= 15 is 0 Å². The number of fused-ring (bicyclic) bond motifs is 1. The molecule has 3 amide bonds. The Morgan fingerprint density at radius 3 is 2.19 bits per heavy atom. The van der Waals surface area contributed by atoms with E-state index in [-0.39, 0.29) is 31.2 Å². The predicted molar refractivity (Wildman–Crippen MR) is 137 cm³/mol. The number of carbonyl (C=O) groups is 4. The van der Waals surface area contributed by atoms with Crippen LogP contribution in [0, 0.1) is 0 Å². The van der Waals surface area contributed by atoms with Crippen LogP contribution in [-0.2, 0) is 32.1 Å². The molecule has 2 unspecified atom stereocenters. The minimum absolute atomic E-state index is 0.212. The maximum atomic E-state index is 13.0. The van der Waals surface area contributed by atoms with Crippen LogP contribution in [0.15, 0.2) is 23.1 Å². The van der Waals surface area contributed by atoms with E-state index in [1.165, 1.54) is 37.0 Å². The van der Waals surface area contributed by atoms with Crippen molar-refractivity contribution in [3.63, 3.8) is 0 Å². The fourth-order valence-electron chi connectivity index (χ4n) is 4.98. The number of carboxylic acid groups (broad SMARTS) is 1. The Morgan fingerprint density at radius 1 is 0.972 bits per heavy atom. The minimum Gasteiger partial charge on any atom is -0.611 e. The van der Waals surface area contributed by atoms with Gasteiger partial charge in [0.25, 0.3) is 5.91 Å². The standard InChI is InChI=1S/C27H38N2O6S/c30-24-17-16-22(26(33)28-24)29-19-21-20(27(29)34)13-12-14-23(21)36(35)18-11-9-7-5-3-1-2-4-6-8-10-15-25(31)32/h12-14,22H,1-11,15-19H2,(H,31,32)(H,28,30,33). The van der Waals surface area contributed by atoms with Gasteiger partial charge in [0.05, 0.1) is 6.54 Å². The fourth-order valence-corrected chi connectivity index (χ4v) is 6.35. The highest BCUT2D eigenvalue weighted by Crippen LogP contribution is 2.32. The van der Waals surface area contributed by atoms with E-state index in [0.717, 1.165) is 44.1 Å². The molecular formula is C27H38N2O6S. The van der Waals surface area contributed by atoms with E-state index in [2.05, 4.69) is 5.32 Å². The Bertz CT molecular complexity index is 937. The van der Waals surface area contributed by atoms with E-state index in [9.17, 15) is 23.7 Å². The number of carboxylic acids is 1. The van der Waals surface area contributed by atoms with Crippen molar-refractivity contribution in [3.8, 4) is 0 Å². The first kappa shape index (κ1) is 28.2. The van der Waals surface area contributed by atoms with Gasteiger partial charge in [-0.05, 0) is 49.0 Å². The first-order valence-electron chi connectivity index (χ1n) is 13.2. The van der Waals surface area contributed by atoms with Crippen molar-refractivity contribution in [3.05, 3.63) is 29.3 Å². The zero-order valence-electron chi connectivity index (χ0n) is 21.0. The normalized spacial score (nSPS) is 18.3. The number of amides is 3. The molecule has 1 saturated heterocycles. The van der Waals surface area contributed by atoms with Gasteiger partial charge in [-0.1, -0.05) is 57.4 Å². The van der Waals surface area contributed by atoms with Crippen molar-refractivity contribution >= 4 is 34.9 Å². The molecule has 0 saturated carbocycles. The van der Waals surface area contributed by atoms with Crippen LogP contribution in [0.4, 0.5) is 0 Å². The second kappa shape index (κ2) is 14.4. The number of benzene rings is 1. The highest BCUT2D eigenvalue weighted by Gasteiger charge is 2.41.